The summed E-state index contributed by atoms with van der Waals surface area (Å²) in [6.07, 6.45) is -5.30. The van der Waals surface area contributed by atoms with Gasteiger partial charge in [0.2, 0.25) is 5.91 Å². The van der Waals surface area contributed by atoms with Crippen LogP contribution in [0.4, 0.5) is 26.3 Å². The second-order valence-corrected chi connectivity index (χ2v) is 8.53. The van der Waals surface area contributed by atoms with E-state index in [2.05, 4.69) is 14.5 Å². The molecular formula is C21H30F6N4O7. The molecule has 3 rings (SSSR count). The van der Waals surface area contributed by atoms with Gasteiger partial charge < -0.3 is 29.2 Å². The van der Waals surface area contributed by atoms with Crippen molar-refractivity contribution in [1.82, 2.24) is 19.4 Å². The van der Waals surface area contributed by atoms with Crippen molar-refractivity contribution in [3.8, 4) is 0 Å². The van der Waals surface area contributed by atoms with Crippen molar-refractivity contribution in [3.05, 3.63) is 18.2 Å². The van der Waals surface area contributed by atoms with Gasteiger partial charge in [0, 0.05) is 51.1 Å². The molecule has 3 heterocycles. The summed E-state index contributed by atoms with van der Waals surface area (Å²) in [6, 6.07) is 0. The minimum absolute atomic E-state index is 0.0313. The average Bonchev–Trinajstić information content (AvgIpc) is 3.32. The number of carbonyl (C=O) groups is 3. The smallest absolute Gasteiger partial charge is 0.475 e. The number of hydrogen-bond donors (Lipinski definition) is 2. The zero-order chi connectivity index (χ0) is 29.1. The summed E-state index contributed by atoms with van der Waals surface area (Å²) in [4.78, 5) is 38.9. The molecular weight excluding hydrogens is 534 g/mol. The fourth-order valence-corrected chi connectivity index (χ4v) is 3.64. The zero-order valence-electron chi connectivity index (χ0n) is 20.7. The normalized spacial score (nSPS) is 20.2. The Morgan fingerprint density at radius 2 is 1.66 bits per heavy atom. The van der Waals surface area contributed by atoms with E-state index in [0.717, 1.165) is 45.0 Å². The van der Waals surface area contributed by atoms with Crippen LogP contribution in [0.5, 0.6) is 0 Å². The van der Waals surface area contributed by atoms with Crippen LogP contribution in [-0.4, -0.2) is 112 Å². The van der Waals surface area contributed by atoms with Gasteiger partial charge >= 0.3 is 24.3 Å². The van der Waals surface area contributed by atoms with Crippen molar-refractivity contribution >= 4 is 17.8 Å². The van der Waals surface area contributed by atoms with E-state index in [1.165, 1.54) is 0 Å². The average molecular weight is 564 g/mol. The van der Waals surface area contributed by atoms with Gasteiger partial charge in [-0.25, -0.2) is 14.6 Å². The first kappa shape index (κ1) is 33.1. The van der Waals surface area contributed by atoms with Crippen LogP contribution in [0, 0.1) is 5.41 Å². The predicted molar refractivity (Wildman–Crippen MR) is 117 cm³/mol. The Labute approximate surface area is 213 Å². The number of carboxylic acids is 2. The number of rotatable bonds is 5. The van der Waals surface area contributed by atoms with E-state index in [4.69, 9.17) is 29.3 Å². The second kappa shape index (κ2) is 14.3. The van der Waals surface area contributed by atoms with Crippen LogP contribution in [0.2, 0.25) is 0 Å². The highest BCUT2D eigenvalue weighted by Gasteiger charge is 2.42. The van der Waals surface area contributed by atoms with E-state index in [1.54, 1.807) is 0 Å². The molecule has 0 radical (unpaired) electrons. The third-order valence-electron chi connectivity index (χ3n) is 5.51. The number of alkyl halides is 6. The summed E-state index contributed by atoms with van der Waals surface area (Å²) < 4.78 is 76.7. The Balaban J connectivity index is 0.000000426. The molecule has 38 heavy (non-hydrogen) atoms. The summed E-state index contributed by atoms with van der Waals surface area (Å²) in [5.74, 6) is -4.37. The first-order valence-electron chi connectivity index (χ1n) is 11.2. The van der Waals surface area contributed by atoms with Crippen molar-refractivity contribution in [2.75, 3.05) is 52.6 Å². The van der Waals surface area contributed by atoms with Crippen LogP contribution in [0.3, 0.4) is 0 Å². The molecule has 2 fully saturated rings. The van der Waals surface area contributed by atoms with E-state index in [1.807, 2.05) is 31.3 Å². The van der Waals surface area contributed by atoms with Crippen molar-refractivity contribution in [2.45, 2.75) is 32.2 Å². The van der Waals surface area contributed by atoms with E-state index in [-0.39, 0.29) is 17.9 Å². The van der Waals surface area contributed by atoms with Gasteiger partial charge in [-0.05, 0) is 19.9 Å². The Hall–Kier alpha value is -2.92. The molecule has 0 aromatic carbocycles. The highest BCUT2D eigenvalue weighted by Crippen LogP contribution is 2.34. The van der Waals surface area contributed by atoms with Crippen LogP contribution in [-0.2, 0) is 37.4 Å². The van der Waals surface area contributed by atoms with Gasteiger partial charge in [0.05, 0.1) is 19.8 Å². The van der Waals surface area contributed by atoms with Crippen molar-refractivity contribution in [2.24, 2.45) is 12.5 Å². The number of amides is 1. The Morgan fingerprint density at radius 3 is 2.13 bits per heavy atom. The van der Waals surface area contributed by atoms with E-state index in [0.29, 0.717) is 19.8 Å². The largest absolute Gasteiger partial charge is 0.490 e. The monoisotopic (exact) mass is 564 g/mol. The number of hydrogen-bond acceptors (Lipinski definition) is 7. The third-order valence-corrected chi connectivity index (χ3v) is 5.51. The number of nitrogens with zero attached hydrogens (tertiary/aromatic N) is 4. The Morgan fingerprint density at radius 1 is 1.08 bits per heavy atom. The number of imidazole rings is 1. The number of aryl methyl sites for hydroxylation is 1. The van der Waals surface area contributed by atoms with E-state index in [9.17, 15) is 31.1 Å². The molecule has 2 N–H and O–H groups in total. The molecule has 2 aliphatic heterocycles. The van der Waals surface area contributed by atoms with E-state index < -0.39 is 24.3 Å². The molecule has 1 unspecified atom stereocenters. The van der Waals surface area contributed by atoms with Crippen LogP contribution in [0.25, 0.3) is 0 Å². The number of carboxylic acid groups (broad SMARTS) is 2. The second-order valence-electron chi connectivity index (χ2n) is 8.53. The van der Waals surface area contributed by atoms with Crippen LogP contribution in [0.1, 0.15) is 19.2 Å². The quantitative estimate of drug-likeness (QED) is 0.514. The molecule has 1 atom stereocenters. The molecule has 0 aliphatic carbocycles. The first-order valence-corrected chi connectivity index (χ1v) is 11.2. The number of ether oxygens (including phenoxy) is 2. The predicted octanol–water partition coefficient (Wildman–Crippen LogP) is 1.77. The lowest BCUT2D eigenvalue weighted by Crippen LogP contribution is -2.44. The summed E-state index contributed by atoms with van der Waals surface area (Å²) in [5.41, 5.74) is 0.0313. The van der Waals surface area contributed by atoms with Gasteiger partial charge in [-0.2, -0.15) is 26.3 Å². The summed E-state index contributed by atoms with van der Waals surface area (Å²) in [5, 5.41) is 14.2. The maximum atomic E-state index is 12.4. The molecule has 0 saturated carbocycles. The third kappa shape index (κ3) is 11.2. The molecule has 0 bridgehead atoms. The Bertz CT molecular complexity index is 901. The van der Waals surface area contributed by atoms with Gasteiger partial charge in [-0.15, -0.1) is 0 Å². The lowest BCUT2D eigenvalue weighted by molar-refractivity contribution is -0.193. The zero-order valence-corrected chi connectivity index (χ0v) is 20.7. The SMILES string of the molecule is CCOCC(=O)N1CCOCC2(CCN(Cc3nccn3C)C2)C1.O=C(O)C(F)(F)F.O=C(O)C(F)(F)F. The number of likely N-dealkylation sites (tertiary alicyclic amines) is 1. The molecule has 2 aliphatic rings. The van der Waals surface area contributed by atoms with Gasteiger partial charge in [0.15, 0.2) is 0 Å². The van der Waals surface area contributed by atoms with Crippen molar-refractivity contribution in [1.29, 1.82) is 0 Å². The van der Waals surface area contributed by atoms with Crippen LogP contribution in [0.15, 0.2) is 12.4 Å². The lowest BCUT2D eigenvalue weighted by Gasteiger charge is -2.32. The van der Waals surface area contributed by atoms with Gasteiger partial charge in [0.25, 0.3) is 0 Å². The fourth-order valence-electron chi connectivity index (χ4n) is 3.64. The van der Waals surface area contributed by atoms with Gasteiger partial charge in [-0.3, -0.25) is 9.69 Å². The maximum absolute atomic E-state index is 12.4. The number of carbonyl (C=O) groups excluding carboxylic acids is 1. The molecule has 2 saturated heterocycles. The standard InChI is InChI=1S/C17H28N4O3.2C2HF3O2/c1-3-23-11-16(22)21-8-9-24-14-17(13-21)4-6-20(12-17)10-15-18-5-7-19(15)2;2*3-2(4,5)1(6)7/h5,7H,3-4,6,8-14H2,1-2H3;2*(H,6,7). The maximum Gasteiger partial charge on any atom is 0.490 e. The highest BCUT2D eigenvalue weighted by molar-refractivity contribution is 5.77. The Kier molecular flexibility index (Phi) is 12.5. The molecule has 218 valence electrons. The topological polar surface area (TPSA) is 134 Å². The molecule has 11 nitrogen and oxygen atoms in total. The minimum atomic E-state index is -5.08. The summed E-state index contributed by atoms with van der Waals surface area (Å²) in [7, 11) is 2.02. The van der Waals surface area contributed by atoms with Crippen molar-refractivity contribution in [3.63, 3.8) is 0 Å². The molecule has 1 spiro atoms. The van der Waals surface area contributed by atoms with Crippen LogP contribution < -0.4 is 0 Å². The number of aliphatic carboxylic acids is 2. The van der Waals surface area contributed by atoms with Gasteiger partial charge in [-0.1, -0.05) is 0 Å². The van der Waals surface area contributed by atoms with Gasteiger partial charge in [0.1, 0.15) is 12.4 Å². The molecule has 1 aromatic rings. The summed E-state index contributed by atoms with van der Waals surface area (Å²) >= 11 is 0. The molecule has 1 aromatic heterocycles. The first-order chi connectivity index (χ1) is 17.5. The lowest BCUT2D eigenvalue weighted by atomic mass is 9.87. The fraction of sp³-hybridized carbons (Fsp3) is 0.714. The highest BCUT2D eigenvalue weighted by atomic mass is 19.4. The van der Waals surface area contributed by atoms with E-state index >= 15 is 0 Å². The summed E-state index contributed by atoms with van der Waals surface area (Å²) in [6.45, 7) is 8.21. The number of aromatic nitrogens is 2. The number of halogens is 6. The minimum Gasteiger partial charge on any atom is -0.475 e. The van der Waals surface area contributed by atoms with Crippen molar-refractivity contribution < 1.29 is 60.4 Å². The molecule has 17 heteroatoms. The van der Waals surface area contributed by atoms with Crippen LogP contribution >= 0.6 is 0 Å². The molecule has 1 amide bonds.